The Hall–Kier alpha value is -2.14. The summed E-state index contributed by atoms with van der Waals surface area (Å²) in [5, 5.41) is 2.88. The van der Waals surface area contributed by atoms with Crippen LogP contribution in [0.3, 0.4) is 0 Å². The molecule has 0 unspecified atom stereocenters. The van der Waals surface area contributed by atoms with Gasteiger partial charge in [0.25, 0.3) is 0 Å². The molecule has 180 valence electrons. The summed E-state index contributed by atoms with van der Waals surface area (Å²) < 4.78 is 27.2. The van der Waals surface area contributed by atoms with Crippen LogP contribution < -0.4 is 9.62 Å². The van der Waals surface area contributed by atoms with Crippen molar-refractivity contribution in [2.75, 3.05) is 23.7 Å². The van der Waals surface area contributed by atoms with Crippen LogP contribution in [0, 0.1) is 10.5 Å². The smallest absolute Gasteiger partial charge is 0.244 e. The number of carbonyl (C=O) groups excluding carboxylic acids is 2. The Morgan fingerprint density at radius 2 is 1.70 bits per heavy atom. The largest absolute Gasteiger partial charge is 0.354 e. The number of nitrogens with one attached hydrogen (secondary N) is 1. The van der Waals surface area contributed by atoms with Gasteiger partial charge in [-0.2, -0.15) is 0 Å². The van der Waals surface area contributed by atoms with E-state index in [2.05, 4.69) is 27.9 Å². The van der Waals surface area contributed by atoms with E-state index in [-0.39, 0.29) is 19.0 Å². The monoisotopic (exact) mass is 585 g/mol. The molecule has 0 saturated heterocycles. The Morgan fingerprint density at radius 3 is 2.24 bits per heavy atom. The first-order chi connectivity index (χ1) is 15.6. The van der Waals surface area contributed by atoms with Crippen molar-refractivity contribution >= 4 is 50.1 Å². The molecule has 0 spiro atoms. The van der Waals surface area contributed by atoms with Crippen LogP contribution >= 0.6 is 22.6 Å². The molecule has 0 aliphatic rings. The molecule has 0 bridgehead atoms. The van der Waals surface area contributed by atoms with Gasteiger partial charge in [0.1, 0.15) is 12.6 Å². The molecule has 0 fully saturated rings. The normalized spacial score (nSPS) is 12.2. The first-order valence-electron chi connectivity index (χ1n) is 10.9. The summed E-state index contributed by atoms with van der Waals surface area (Å²) in [5.74, 6) is -0.665. The molecule has 1 N–H and O–H groups in total. The number of rotatable bonds is 11. The summed E-state index contributed by atoms with van der Waals surface area (Å²) in [6.45, 7) is 6.10. The fraction of sp³-hybridized carbons (Fsp3) is 0.417. The maximum atomic E-state index is 13.6. The van der Waals surface area contributed by atoms with E-state index < -0.39 is 22.0 Å². The number of benzene rings is 2. The molecule has 2 aromatic rings. The van der Waals surface area contributed by atoms with Crippen LogP contribution in [-0.4, -0.2) is 50.5 Å². The lowest BCUT2D eigenvalue weighted by Gasteiger charge is -2.33. The zero-order valence-corrected chi connectivity index (χ0v) is 22.5. The predicted molar refractivity (Wildman–Crippen MR) is 140 cm³/mol. The van der Waals surface area contributed by atoms with Crippen LogP contribution in [0.1, 0.15) is 37.8 Å². The van der Waals surface area contributed by atoms with Gasteiger partial charge in [0.2, 0.25) is 21.8 Å². The average Bonchev–Trinajstić information content (AvgIpc) is 2.77. The van der Waals surface area contributed by atoms with Gasteiger partial charge >= 0.3 is 0 Å². The number of anilines is 1. The fourth-order valence-corrected chi connectivity index (χ4v) is 4.69. The number of sulfonamides is 1. The summed E-state index contributed by atoms with van der Waals surface area (Å²) in [5.41, 5.74) is 2.31. The van der Waals surface area contributed by atoms with Crippen LogP contribution in [0.15, 0.2) is 48.5 Å². The number of aryl methyl sites for hydroxylation is 1. The van der Waals surface area contributed by atoms with Gasteiger partial charge in [0, 0.05) is 16.7 Å². The lowest BCUT2D eigenvalue weighted by atomic mass is 10.1. The molecular formula is C24H32IN3O4S. The summed E-state index contributed by atoms with van der Waals surface area (Å²) in [6.07, 6.45) is 2.27. The van der Waals surface area contributed by atoms with E-state index in [9.17, 15) is 18.0 Å². The molecular weight excluding hydrogens is 553 g/mol. The Morgan fingerprint density at radius 1 is 1.06 bits per heavy atom. The number of hydrogen-bond donors (Lipinski definition) is 1. The van der Waals surface area contributed by atoms with E-state index in [1.165, 1.54) is 4.90 Å². The molecule has 0 aliphatic carbocycles. The van der Waals surface area contributed by atoms with Crippen LogP contribution in [0.4, 0.5) is 5.69 Å². The lowest BCUT2D eigenvalue weighted by Crippen LogP contribution is -2.52. The molecule has 0 radical (unpaired) electrons. The van der Waals surface area contributed by atoms with Crippen LogP contribution in [-0.2, 0) is 26.2 Å². The van der Waals surface area contributed by atoms with Crippen LogP contribution in [0.2, 0.25) is 0 Å². The quantitative estimate of drug-likeness (QED) is 0.408. The topological polar surface area (TPSA) is 86.8 Å². The molecule has 2 amide bonds. The van der Waals surface area contributed by atoms with Crippen LogP contribution in [0.25, 0.3) is 0 Å². The van der Waals surface area contributed by atoms with Crippen molar-refractivity contribution in [2.24, 2.45) is 0 Å². The molecule has 33 heavy (non-hydrogen) atoms. The van der Waals surface area contributed by atoms with E-state index in [1.807, 2.05) is 45.0 Å². The number of hydrogen-bond acceptors (Lipinski definition) is 4. The summed E-state index contributed by atoms with van der Waals surface area (Å²) in [6, 6.07) is 13.9. The Labute approximate surface area is 210 Å². The van der Waals surface area contributed by atoms with Crippen molar-refractivity contribution in [3.8, 4) is 0 Å². The highest BCUT2D eigenvalue weighted by molar-refractivity contribution is 14.1. The zero-order valence-electron chi connectivity index (χ0n) is 19.5. The van der Waals surface area contributed by atoms with E-state index in [0.29, 0.717) is 18.7 Å². The van der Waals surface area contributed by atoms with Gasteiger partial charge in [-0.3, -0.25) is 13.9 Å². The zero-order chi connectivity index (χ0) is 24.6. The van der Waals surface area contributed by atoms with Gasteiger partial charge in [-0.25, -0.2) is 8.42 Å². The van der Waals surface area contributed by atoms with Crippen molar-refractivity contribution in [2.45, 2.75) is 46.2 Å². The molecule has 0 aromatic heterocycles. The predicted octanol–water partition coefficient (Wildman–Crippen LogP) is 3.70. The van der Waals surface area contributed by atoms with Crippen LogP contribution in [0.5, 0.6) is 0 Å². The van der Waals surface area contributed by atoms with Crippen molar-refractivity contribution < 1.29 is 18.0 Å². The summed E-state index contributed by atoms with van der Waals surface area (Å²) in [7, 11) is -3.72. The van der Waals surface area contributed by atoms with Crippen molar-refractivity contribution in [3.05, 3.63) is 63.2 Å². The second-order valence-corrected chi connectivity index (χ2v) is 11.1. The Bertz CT molecular complexity index is 1060. The standard InChI is InChI=1S/C24H32IN3O4S/c1-5-15-26-24(30)22(6-2)27(16-19-10-8-7-9-18(19)3)23(29)17-28(33(4,31)32)21-13-11-20(25)12-14-21/h7-14,22H,5-6,15-17H2,1-4H3,(H,26,30)/t22-/m1/s1. The molecule has 0 aliphatic heterocycles. The van der Waals surface area contributed by atoms with E-state index in [0.717, 1.165) is 31.7 Å². The minimum Gasteiger partial charge on any atom is -0.354 e. The van der Waals surface area contributed by atoms with Crippen molar-refractivity contribution in [1.29, 1.82) is 0 Å². The summed E-state index contributed by atoms with van der Waals surface area (Å²) >= 11 is 2.14. The van der Waals surface area contributed by atoms with Crippen molar-refractivity contribution in [1.82, 2.24) is 10.2 Å². The third-order valence-electron chi connectivity index (χ3n) is 5.33. The maximum absolute atomic E-state index is 13.6. The Kier molecular flexibility index (Phi) is 10.2. The molecule has 0 heterocycles. The highest BCUT2D eigenvalue weighted by Gasteiger charge is 2.31. The molecule has 2 rings (SSSR count). The molecule has 0 saturated carbocycles. The van der Waals surface area contributed by atoms with Gasteiger partial charge in [0.05, 0.1) is 11.9 Å². The fourth-order valence-electron chi connectivity index (χ4n) is 3.48. The van der Waals surface area contributed by atoms with Gasteiger partial charge in [-0.15, -0.1) is 0 Å². The molecule has 9 heteroatoms. The second kappa shape index (κ2) is 12.4. The Balaban J connectivity index is 2.42. The summed E-state index contributed by atoms with van der Waals surface area (Å²) in [4.78, 5) is 28.0. The van der Waals surface area contributed by atoms with Gasteiger partial charge < -0.3 is 10.2 Å². The molecule has 2 aromatic carbocycles. The van der Waals surface area contributed by atoms with E-state index in [4.69, 9.17) is 0 Å². The lowest BCUT2D eigenvalue weighted by molar-refractivity contribution is -0.140. The molecule has 1 atom stereocenters. The number of nitrogens with zero attached hydrogens (tertiary/aromatic N) is 2. The van der Waals surface area contributed by atoms with E-state index >= 15 is 0 Å². The third-order valence-corrected chi connectivity index (χ3v) is 7.19. The third kappa shape index (κ3) is 7.70. The van der Waals surface area contributed by atoms with Gasteiger partial charge in [-0.1, -0.05) is 38.1 Å². The minimum absolute atomic E-state index is 0.216. The molecule has 7 nitrogen and oxygen atoms in total. The van der Waals surface area contributed by atoms with Crippen molar-refractivity contribution in [3.63, 3.8) is 0 Å². The average molecular weight is 586 g/mol. The highest BCUT2D eigenvalue weighted by Crippen LogP contribution is 2.21. The van der Waals surface area contributed by atoms with Gasteiger partial charge in [-0.05, 0) is 77.7 Å². The number of halogens is 1. The maximum Gasteiger partial charge on any atom is 0.244 e. The SMILES string of the molecule is CCCNC(=O)[C@@H](CC)N(Cc1ccccc1C)C(=O)CN(c1ccc(I)cc1)S(C)(=O)=O. The highest BCUT2D eigenvalue weighted by atomic mass is 127. The number of amides is 2. The number of carbonyl (C=O) groups is 2. The van der Waals surface area contributed by atoms with Gasteiger partial charge in [0.15, 0.2) is 0 Å². The van der Waals surface area contributed by atoms with E-state index in [1.54, 1.807) is 24.3 Å². The minimum atomic E-state index is -3.72. The first kappa shape index (κ1) is 27.1. The second-order valence-electron chi connectivity index (χ2n) is 7.91. The first-order valence-corrected chi connectivity index (χ1v) is 13.9.